The number of hydrogen-bond donors (Lipinski definition) is 1. The molecule has 0 spiro atoms. The Balaban J connectivity index is 1.96. The van der Waals surface area contributed by atoms with Crippen LogP contribution >= 0.6 is 0 Å². The third kappa shape index (κ3) is 3.57. The van der Waals surface area contributed by atoms with Crippen molar-refractivity contribution in [2.75, 3.05) is 7.05 Å². The molecular formula is C16H24N2O. The predicted octanol–water partition coefficient (Wildman–Crippen LogP) is 2.27. The van der Waals surface area contributed by atoms with Gasteiger partial charge in [-0.05, 0) is 25.3 Å². The van der Waals surface area contributed by atoms with Crippen molar-refractivity contribution in [2.24, 2.45) is 5.73 Å². The molecule has 0 bridgehead atoms. The SMILES string of the molecule is Cc1ccc(CC(=O)N(C)C2CCCCC2N)cc1. The maximum Gasteiger partial charge on any atom is 0.227 e. The fraction of sp³-hybridized carbons (Fsp3) is 0.562. The molecule has 0 radical (unpaired) electrons. The summed E-state index contributed by atoms with van der Waals surface area (Å²) >= 11 is 0. The number of nitrogens with zero attached hydrogens (tertiary/aromatic N) is 1. The molecule has 104 valence electrons. The number of benzene rings is 1. The van der Waals surface area contributed by atoms with Gasteiger partial charge in [-0.15, -0.1) is 0 Å². The zero-order valence-corrected chi connectivity index (χ0v) is 11.9. The highest BCUT2D eigenvalue weighted by Crippen LogP contribution is 2.21. The van der Waals surface area contributed by atoms with Gasteiger partial charge in [0.05, 0.1) is 6.42 Å². The van der Waals surface area contributed by atoms with Gasteiger partial charge in [-0.3, -0.25) is 4.79 Å². The van der Waals surface area contributed by atoms with Gasteiger partial charge in [-0.2, -0.15) is 0 Å². The van der Waals surface area contributed by atoms with Gasteiger partial charge in [0.1, 0.15) is 0 Å². The molecule has 2 rings (SSSR count). The molecule has 2 N–H and O–H groups in total. The van der Waals surface area contributed by atoms with Crippen LogP contribution < -0.4 is 5.73 Å². The third-order valence-corrected chi connectivity index (χ3v) is 4.15. The molecule has 2 atom stereocenters. The van der Waals surface area contributed by atoms with Crippen molar-refractivity contribution in [2.45, 2.75) is 51.1 Å². The van der Waals surface area contributed by atoms with Crippen molar-refractivity contribution in [3.05, 3.63) is 35.4 Å². The van der Waals surface area contributed by atoms with E-state index < -0.39 is 0 Å². The number of rotatable bonds is 3. The van der Waals surface area contributed by atoms with Gasteiger partial charge in [0, 0.05) is 19.1 Å². The first-order valence-corrected chi connectivity index (χ1v) is 7.14. The Morgan fingerprint density at radius 1 is 1.26 bits per heavy atom. The Labute approximate surface area is 115 Å². The maximum atomic E-state index is 12.3. The van der Waals surface area contributed by atoms with Gasteiger partial charge in [-0.25, -0.2) is 0 Å². The molecule has 19 heavy (non-hydrogen) atoms. The topological polar surface area (TPSA) is 46.3 Å². The monoisotopic (exact) mass is 260 g/mol. The number of carbonyl (C=O) groups is 1. The highest BCUT2D eigenvalue weighted by atomic mass is 16.2. The van der Waals surface area contributed by atoms with Crippen LogP contribution in [-0.2, 0) is 11.2 Å². The van der Waals surface area contributed by atoms with E-state index in [0.29, 0.717) is 6.42 Å². The number of nitrogens with two attached hydrogens (primary N) is 1. The van der Waals surface area contributed by atoms with Crippen molar-refractivity contribution < 1.29 is 4.79 Å². The quantitative estimate of drug-likeness (QED) is 0.906. The van der Waals surface area contributed by atoms with Crippen LogP contribution in [0.1, 0.15) is 36.8 Å². The number of likely N-dealkylation sites (N-methyl/N-ethyl adjacent to an activating group) is 1. The van der Waals surface area contributed by atoms with Crippen LogP contribution in [0.3, 0.4) is 0 Å². The van der Waals surface area contributed by atoms with Gasteiger partial charge in [-0.1, -0.05) is 42.7 Å². The lowest BCUT2D eigenvalue weighted by molar-refractivity contribution is -0.132. The molecule has 1 amide bonds. The molecule has 0 saturated heterocycles. The second-order valence-electron chi connectivity index (χ2n) is 5.68. The maximum absolute atomic E-state index is 12.3. The number of amides is 1. The van der Waals surface area contributed by atoms with Gasteiger partial charge in [0.2, 0.25) is 5.91 Å². The van der Waals surface area contributed by atoms with Crippen LogP contribution in [0.15, 0.2) is 24.3 Å². The van der Waals surface area contributed by atoms with Gasteiger partial charge >= 0.3 is 0 Å². The molecule has 1 aliphatic rings. The third-order valence-electron chi connectivity index (χ3n) is 4.15. The van der Waals surface area contributed by atoms with E-state index in [1.165, 1.54) is 18.4 Å². The molecule has 1 saturated carbocycles. The summed E-state index contributed by atoms with van der Waals surface area (Å²) in [4.78, 5) is 14.2. The van der Waals surface area contributed by atoms with Crippen molar-refractivity contribution in [1.29, 1.82) is 0 Å². The lowest BCUT2D eigenvalue weighted by Crippen LogP contribution is -2.50. The average Bonchev–Trinajstić information content (AvgIpc) is 2.41. The van der Waals surface area contributed by atoms with Crippen molar-refractivity contribution in [3.63, 3.8) is 0 Å². The van der Waals surface area contributed by atoms with Crippen molar-refractivity contribution >= 4 is 5.91 Å². The van der Waals surface area contributed by atoms with Crippen LogP contribution in [-0.4, -0.2) is 29.9 Å². The lowest BCUT2D eigenvalue weighted by Gasteiger charge is -2.36. The van der Waals surface area contributed by atoms with Gasteiger partial charge in [0.25, 0.3) is 0 Å². The highest BCUT2D eigenvalue weighted by Gasteiger charge is 2.28. The van der Waals surface area contributed by atoms with Crippen LogP contribution in [0.5, 0.6) is 0 Å². The van der Waals surface area contributed by atoms with Crippen LogP contribution in [0.25, 0.3) is 0 Å². The summed E-state index contributed by atoms with van der Waals surface area (Å²) in [5, 5.41) is 0. The largest absolute Gasteiger partial charge is 0.341 e. The predicted molar refractivity (Wildman–Crippen MR) is 77.9 cm³/mol. The molecule has 0 heterocycles. The molecular weight excluding hydrogens is 236 g/mol. The number of hydrogen-bond acceptors (Lipinski definition) is 2. The van der Waals surface area contributed by atoms with E-state index in [4.69, 9.17) is 5.73 Å². The van der Waals surface area contributed by atoms with E-state index in [-0.39, 0.29) is 18.0 Å². The van der Waals surface area contributed by atoms with E-state index in [2.05, 4.69) is 19.1 Å². The second kappa shape index (κ2) is 6.20. The summed E-state index contributed by atoms with van der Waals surface area (Å²) in [5.41, 5.74) is 8.43. The Kier molecular flexibility index (Phi) is 4.59. The summed E-state index contributed by atoms with van der Waals surface area (Å²) < 4.78 is 0. The minimum atomic E-state index is 0.140. The minimum Gasteiger partial charge on any atom is -0.341 e. The summed E-state index contributed by atoms with van der Waals surface area (Å²) in [5.74, 6) is 0.172. The highest BCUT2D eigenvalue weighted by molar-refractivity contribution is 5.78. The summed E-state index contributed by atoms with van der Waals surface area (Å²) in [6.07, 6.45) is 4.92. The normalized spacial score (nSPS) is 23.1. The van der Waals surface area contributed by atoms with E-state index >= 15 is 0 Å². The molecule has 3 nitrogen and oxygen atoms in total. The summed E-state index contributed by atoms with van der Waals surface area (Å²) in [6, 6.07) is 8.51. The Hall–Kier alpha value is -1.35. The molecule has 1 fully saturated rings. The first-order valence-electron chi connectivity index (χ1n) is 7.14. The Morgan fingerprint density at radius 3 is 2.53 bits per heavy atom. The summed E-state index contributed by atoms with van der Waals surface area (Å²) in [6.45, 7) is 2.05. The molecule has 1 aliphatic carbocycles. The van der Waals surface area contributed by atoms with Crippen LogP contribution in [0, 0.1) is 6.92 Å². The zero-order valence-electron chi connectivity index (χ0n) is 11.9. The summed E-state index contributed by atoms with van der Waals surface area (Å²) in [7, 11) is 1.90. The van der Waals surface area contributed by atoms with E-state index in [1.54, 1.807) is 0 Å². The fourth-order valence-electron chi connectivity index (χ4n) is 2.81. The van der Waals surface area contributed by atoms with E-state index in [9.17, 15) is 4.79 Å². The molecule has 2 unspecified atom stereocenters. The first-order chi connectivity index (χ1) is 9.08. The van der Waals surface area contributed by atoms with Crippen LogP contribution in [0.2, 0.25) is 0 Å². The minimum absolute atomic E-state index is 0.140. The molecule has 0 aliphatic heterocycles. The van der Waals surface area contributed by atoms with E-state index in [1.807, 2.05) is 24.1 Å². The van der Waals surface area contributed by atoms with Gasteiger partial charge < -0.3 is 10.6 Å². The Morgan fingerprint density at radius 2 is 1.89 bits per heavy atom. The molecule has 0 aromatic heterocycles. The Bertz CT molecular complexity index is 427. The van der Waals surface area contributed by atoms with E-state index in [0.717, 1.165) is 18.4 Å². The molecule has 3 heteroatoms. The molecule has 1 aromatic rings. The second-order valence-corrected chi connectivity index (χ2v) is 5.68. The lowest BCUT2D eigenvalue weighted by atomic mass is 9.90. The smallest absolute Gasteiger partial charge is 0.227 e. The van der Waals surface area contributed by atoms with Crippen molar-refractivity contribution in [1.82, 2.24) is 4.90 Å². The van der Waals surface area contributed by atoms with Crippen LogP contribution in [0.4, 0.5) is 0 Å². The van der Waals surface area contributed by atoms with Crippen molar-refractivity contribution in [3.8, 4) is 0 Å². The molecule has 1 aromatic carbocycles. The first kappa shape index (κ1) is 14.1. The number of carbonyl (C=O) groups excluding carboxylic acids is 1. The number of aryl methyl sites for hydroxylation is 1. The van der Waals surface area contributed by atoms with Gasteiger partial charge in [0.15, 0.2) is 0 Å². The average molecular weight is 260 g/mol. The standard InChI is InChI=1S/C16H24N2O/c1-12-7-9-13(10-8-12)11-16(19)18(2)15-6-4-3-5-14(15)17/h7-10,14-15H,3-6,11,17H2,1-2H3. The zero-order chi connectivity index (χ0) is 13.8. The fourth-order valence-corrected chi connectivity index (χ4v) is 2.81.